The van der Waals surface area contributed by atoms with Gasteiger partial charge in [0, 0.05) is 24.2 Å². The third-order valence-electron chi connectivity index (χ3n) is 4.90. The van der Waals surface area contributed by atoms with Crippen molar-refractivity contribution in [2.24, 2.45) is 5.10 Å². The van der Waals surface area contributed by atoms with Crippen molar-refractivity contribution in [3.05, 3.63) is 47.5 Å². The summed E-state index contributed by atoms with van der Waals surface area (Å²) in [6.45, 7) is 0.992. The molecule has 1 amide bonds. The van der Waals surface area contributed by atoms with Gasteiger partial charge in [0.05, 0.1) is 32.4 Å². The predicted molar refractivity (Wildman–Crippen MR) is 116 cm³/mol. The number of carbonyl (C=O) groups is 1. The number of hydrogen-bond donors (Lipinski definition) is 1. The van der Waals surface area contributed by atoms with E-state index in [1.807, 2.05) is 0 Å². The summed E-state index contributed by atoms with van der Waals surface area (Å²) in [7, 11) is 0.886. The number of carbonyl (C=O) groups excluding carboxylic acids is 1. The summed E-state index contributed by atoms with van der Waals surface area (Å²) in [4.78, 5) is 12.6. The Kier molecular flexibility index (Phi) is 7.13. The van der Waals surface area contributed by atoms with E-state index in [1.165, 1.54) is 50.0 Å². The molecule has 2 aromatic carbocycles. The highest BCUT2D eigenvalue weighted by Gasteiger charge is 2.27. The summed E-state index contributed by atoms with van der Waals surface area (Å²) >= 11 is 0. The van der Waals surface area contributed by atoms with Crippen LogP contribution in [0, 0.1) is 0 Å². The summed E-state index contributed by atoms with van der Waals surface area (Å²) in [5.74, 6) is 0.768. The molecule has 10 heteroatoms. The summed E-state index contributed by atoms with van der Waals surface area (Å²) in [6.07, 6.45) is 3.09. The lowest BCUT2D eigenvalue weighted by Gasteiger charge is -2.15. The van der Waals surface area contributed by atoms with Crippen molar-refractivity contribution in [2.75, 3.05) is 34.4 Å². The first-order chi connectivity index (χ1) is 14.9. The van der Waals surface area contributed by atoms with E-state index < -0.39 is 15.9 Å². The number of rotatable bonds is 8. The van der Waals surface area contributed by atoms with Crippen molar-refractivity contribution >= 4 is 22.1 Å². The number of sulfonamides is 1. The Balaban J connectivity index is 1.77. The van der Waals surface area contributed by atoms with Crippen LogP contribution in [0.15, 0.2) is 46.4 Å². The zero-order valence-corrected chi connectivity index (χ0v) is 18.4. The average molecular weight is 448 g/mol. The van der Waals surface area contributed by atoms with Gasteiger partial charge >= 0.3 is 0 Å². The Bertz CT molecular complexity index is 1080. The van der Waals surface area contributed by atoms with E-state index >= 15 is 0 Å². The van der Waals surface area contributed by atoms with Gasteiger partial charge in [0.15, 0.2) is 11.5 Å². The molecule has 0 saturated carbocycles. The van der Waals surface area contributed by atoms with Crippen LogP contribution in [0.25, 0.3) is 0 Å². The van der Waals surface area contributed by atoms with Gasteiger partial charge < -0.3 is 14.2 Å². The lowest BCUT2D eigenvalue weighted by atomic mass is 10.2. The van der Waals surface area contributed by atoms with Crippen LogP contribution < -0.4 is 19.6 Å². The molecular weight excluding hydrogens is 422 g/mol. The summed E-state index contributed by atoms with van der Waals surface area (Å²) in [5, 5.41) is 3.97. The van der Waals surface area contributed by atoms with E-state index in [-0.39, 0.29) is 10.5 Å². The van der Waals surface area contributed by atoms with E-state index in [1.54, 1.807) is 18.2 Å². The van der Waals surface area contributed by atoms with Crippen molar-refractivity contribution in [2.45, 2.75) is 17.7 Å². The smallest absolute Gasteiger partial charge is 0.271 e. The zero-order chi connectivity index (χ0) is 22.4. The quantitative estimate of drug-likeness (QED) is 0.491. The first kappa shape index (κ1) is 22.6. The average Bonchev–Trinajstić information content (AvgIpc) is 3.34. The molecule has 166 valence electrons. The molecule has 9 nitrogen and oxygen atoms in total. The van der Waals surface area contributed by atoms with Gasteiger partial charge in [-0.15, -0.1) is 0 Å². The maximum Gasteiger partial charge on any atom is 0.271 e. The van der Waals surface area contributed by atoms with Gasteiger partial charge in [-0.2, -0.15) is 9.41 Å². The molecule has 1 N–H and O–H groups in total. The van der Waals surface area contributed by atoms with Crippen LogP contribution in [0.3, 0.4) is 0 Å². The van der Waals surface area contributed by atoms with Gasteiger partial charge in [-0.3, -0.25) is 4.79 Å². The Hall–Kier alpha value is -3.11. The predicted octanol–water partition coefficient (Wildman–Crippen LogP) is 2.26. The van der Waals surface area contributed by atoms with Gasteiger partial charge in [0.1, 0.15) is 0 Å². The Morgan fingerprint density at radius 3 is 2.39 bits per heavy atom. The number of ether oxygens (including phenoxy) is 3. The van der Waals surface area contributed by atoms with E-state index in [9.17, 15) is 13.2 Å². The molecule has 0 aromatic heterocycles. The minimum atomic E-state index is -3.61. The number of hydrazone groups is 1. The summed E-state index contributed by atoms with van der Waals surface area (Å²) in [6, 6.07) is 9.32. The van der Waals surface area contributed by atoms with Crippen LogP contribution in [0.5, 0.6) is 17.2 Å². The van der Waals surface area contributed by atoms with E-state index in [4.69, 9.17) is 14.2 Å². The second kappa shape index (κ2) is 9.80. The monoisotopic (exact) mass is 447 g/mol. The normalized spacial score (nSPS) is 14.5. The maximum absolute atomic E-state index is 12.7. The van der Waals surface area contributed by atoms with Crippen LogP contribution >= 0.6 is 0 Å². The van der Waals surface area contributed by atoms with Crippen molar-refractivity contribution in [1.29, 1.82) is 0 Å². The van der Waals surface area contributed by atoms with E-state index in [0.29, 0.717) is 35.9 Å². The Labute approximate surface area is 181 Å². The number of nitrogens with zero attached hydrogens (tertiary/aromatic N) is 2. The number of nitrogens with one attached hydrogen (secondary N) is 1. The molecule has 1 aliphatic rings. The third-order valence-corrected chi connectivity index (χ3v) is 6.80. The number of amides is 1. The fourth-order valence-electron chi connectivity index (χ4n) is 3.33. The van der Waals surface area contributed by atoms with Crippen LogP contribution in [0.4, 0.5) is 0 Å². The highest BCUT2D eigenvalue weighted by atomic mass is 32.2. The minimum Gasteiger partial charge on any atom is -0.493 e. The molecule has 0 bridgehead atoms. The third kappa shape index (κ3) is 4.80. The molecular formula is C21H25N3O6S. The lowest BCUT2D eigenvalue weighted by Crippen LogP contribution is -2.28. The van der Waals surface area contributed by atoms with Gasteiger partial charge in [0.2, 0.25) is 15.8 Å². The fourth-order valence-corrected chi connectivity index (χ4v) is 4.89. The molecule has 31 heavy (non-hydrogen) atoms. The van der Waals surface area contributed by atoms with Crippen molar-refractivity contribution in [3.63, 3.8) is 0 Å². The second-order valence-electron chi connectivity index (χ2n) is 6.76. The summed E-state index contributed by atoms with van der Waals surface area (Å²) in [5.41, 5.74) is 3.16. The maximum atomic E-state index is 12.7. The lowest BCUT2D eigenvalue weighted by molar-refractivity contribution is 0.0955. The molecule has 1 fully saturated rings. The molecule has 2 aromatic rings. The van der Waals surface area contributed by atoms with Gasteiger partial charge in [-0.05, 0) is 43.2 Å². The standard InChI is InChI=1S/C21H25N3O6S/c1-28-18-10-9-16(19(29-2)20(18)30-3)14-22-23-21(25)15-7-6-8-17(13-15)31(26,27)24-11-4-5-12-24/h6-10,13-14H,4-5,11-12H2,1-3H3,(H,23,25). The number of benzene rings is 2. The fraction of sp³-hybridized carbons (Fsp3) is 0.333. The van der Waals surface area contributed by atoms with E-state index in [0.717, 1.165) is 12.8 Å². The first-order valence-electron chi connectivity index (χ1n) is 9.65. The van der Waals surface area contributed by atoms with Crippen molar-refractivity contribution in [3.8, 4) is 17.2 Å². The number of hydrogen-bond acceptors (Lipinski definition) is 7. The SMILES string of the molecule is COc1ccc(C=NNC(=O)c2cccc(S(=O)(=O)N3CCCC3)c2)c(OC)c1OC. The molecule has 0 atom stereocenters. The topological polar surface area (TPSA) is 107 Å². The second-order valence-corrected chi connectivity index (χ2v) is 8.70. The van der Waals surface area contributed by atoms with Crippen LogP contribution in [-0.2, 0) is 10.0 Å². The molecule has 1 aliphatic heterocycles. The molecule has 1 saturated heterocycles. The molecule has 0 aliphatic carbocycles. The van der Waals surface area contributed by atoms with Gasteiger partial charge in [-0.25, -0.2) is 13.8 Å². The van der Waals surface area contributed by atoms with Crippen LogP contribution in [0.2, 0.25) is 0 Å². The molecule has 0 radical (unpaired) electrons. The molecule has 1 heterocycles. The van der Waals surface area contributed by atoms with Crippen LogP contribution in [0.1, 0.15) is 28.8 Å². The van der Waals surface area contributed by atoms with Crippen LogP contribution in [-0.4, -0.2) is 59.3 Å². The minimum absolute atomic E-state index is 0.0904. The first-order valence-corrected chi connectivity index (χ1v) is 11.1. The highest BCUT2D eigenvalue weighted by Crippen LogP contribution is 2.38. The number of methoxy groups -OCH3 is 3. The van der Waals surface area contributed by atoms with Gasteiger partial charge in [0.25, 0.3) is 5.91 Å². The van der Waals surface area contributed by atoms with Gasteiger partial charge in [-0.1, -0.05) is 6.07 Å². The largest absolute Gasteiger partial charge is 0.493 e. The molecule has 0 unspecified atom stereocenters. The van der Waals surface area contributed by atoms with Crippen molar-refractivity contribution < 1.29 is 27.4 Å². The Morgan fingerprint density at radius 2 is 1.74 bits per heavy atom. The highest BCUT2D eigenvalue weighted by molar-refractivity contribution is 7.89. The molecule has 3 rings (SSSR count). The summed E-state index contributed by atoms with van der Waals surface area (Å²) < 4.78 is 42.8. The van der Waals surface area contributed by atoms with Crippen molar-refractivity contribution in [1.82, 2.24) is 9.73 Å². The Morgan fingerprint density at radius 1 is 1.03 bits per heavy atom. The molecule has 0 spiro atoms. The zero-order valence-electron chi connectivity index (χ0n) is 17.6. The van der Waals surface area contributed by atoms with E-state index in [2.05, 4.69) is 10.5 Å².